The Morgan fingerprint density at radius 2 is 2.05 bits per heavy atom. The predicted molar refractivity (Wildman–Crippen MR) is 84.3 cm³/mol. The summed E-state index contributed by atoms with van der Waals surface area (Å²) in [6.45, 7) is 1.70. The van der Waals surface area contributed by atoms with E-state index in [1.807, 2.05) is 24.3 Å². The topological polar surface area (TPSA) is 64.3 Å². The molecule has 0 saturated heterocycles. The summed E-state index contributed by atoms with van der Waals surface area (Å²) < 4.78 is 5.41. The van der Waals surface area contributed by atoms with Crippen molar-refractivity contribution in [3.8, 4) is 5.75 Å². The van der Waals surface area contributed by atoms with Gasteiger partial charge in [0.25, 0.3) is 0 Å². The molecule has 1 aliphatic carbocycles. The molecule has 0 aromatic heterocycles. The lowest BCUT2D eigenvalue weighted by atomic mass is 9.99. The number of carbonyl (C=O) groups is 1. The first-order chi connectivity index (χ1) is 10.3. The smallest absolute Gasteiger partial charge is 0.224 e. The van der Waals surface area contributed by atoms with Gasteiger partial charge in [-0.2, -0.15) is 0 Å². The summed E-state index contributed by atoms with van der Waals surface area (Å²) in [7, 11) is 0. The van der Waals surface area contributed by atoms with Gasteiger partial charge in [0.1, 0.15) is 12.4 Å². The highest BCUT2D eigenvalue weighted by molar-refractivity contribution is 5.78. The highest BCUT2D eigenvalue weighted by Crippen LogP contribution is 2.16. The molecule has 1 amide bonds. The Labute approximate surface area is 126 Å². The van der Waals surface area contributed by atoms with Crippen LogP contribution in [0, 0.1) is 0 Å². The van der Waals surface area contributed by atoms with Gasteiger partial charge in [0.15, 0.2) is 0 Å². The molecule has 0 unspecified atom stereocenters. The van der Waals surface area contributed by atoms with Gasteiger partial charge in [-0.05, 0) is 43.4 Å². The van der Waals surface area contributed by atoms with Gasteiger partial charge in [0.2, 0.25) is 5.91 Å². The van der Waals surface area contributed by atoms with Gasteiger partial charge in [-0.1, -0.05) is 23.8 Å². The van der Waals surface area contributed by atoms with E-state index in [9.17, 15) is 4.79 Å². The maximum absolute atomic E-state index is 11.9. The normalized spacial score (nSPS) is 14.4. The van der Waals surface area contributed by atoms with Crippen LogP contribution in [0.5, 0.6) is 5.75 Å². The average molecular weight is 288 g/mol. The maximum Gasteiger partial charge on any atom is 0.224 e. The molecule has 4 heteroatoms. The molecule has 1 aromatic rings. The zero-order valence-corrected chi connectivity index (χ0v) is 12.4. The lowest BCUT2D eigenvalue weighted by molar-refractivity contribution is -0.120. The van der Waals surface area contributed by atoms with Crippen molar-refractivity contribution in [3.63, 3.8) is 0 Å². The SMILES string of the molecule is NCCOc1ccc(CC(=O)NCC2=CCCCC2)cc1. The van der Waals surface area contributed by atoms with E-state index in [0.29, 0.717) is 26.1 Å². The molecule has 114 valence electrons. The minimum atomic E-state index is 0.0668. The van der Waals surface area contributed by atoms with Crippen LogP contribution < -0.4 is 15.8 Å². The highest BCUT2D eigenvalue weighted by Gasteiger charge is 2.07. The van der Waals surface area contributed by atoms with Gasteiger partial charge in [-0.3, -0.25) is 4.79 Å². The second-order valence-electron chi connectivity index (χ2n) is 5.34. The van der Waals surface area contributed by atoms with Crippen molar-refractivity contribution in [3.05, 3.63) is 41.5 Å². The second-order valence-corrected chi connectivity index (χ2v) is 5.34. The molecule has 3 N–H and O–H groups in total. The van der Waals surface area contributed by atoms with Crippen LogP contribution in [0.25, 0.3) is 0 Å². The first-order valence-electron chi connectivity index (χ1n) is 7.64. The van der Waals surface area contributed by atoms with E-state index in [1.54, 1.807) is 0 Å². The molecule has 0 bridgehead atoms. The van der Waals surface area contributed by atoms with Gasteiger partial charge >= 0.3 is 0 Å². The first kappa shape index (κ1) is 15.6. The molecule has 1 aliphatic rings. The number of benzene rings is 1. The van der Waals surface area contributed by atoms with E-state index in [1.165, 1.54) is 18.4 Å². The van der Waals surface area contributed by atoms with Gasteiger partial charge in [-0.15, -0.1) is 0 Å². The van der Waals surface area contributed by atoms with Crippen LogP contribution in [-0.2, 0) is 11.2 Å². The maximum atomic E-state index is 11.9. The van der Waals surface area contributed by atoms with Crippen molar-refractivity contribution >= 4 is 5.91 Å². The fourth-order valence-electron chi connectivity index (χ4n) is 2.41. The van der Waals surface area contributed by atoms with Crippen molar-refractivity contribution < 1.29 is 9.53 Å². The number of nitrogens with one attached hydrogen (secondary N) is 1. The lowest BCUT2D eigenvalue weighted by Gasteiger charge is -2.13. The number of ether oxygens (including phenoxy) is 1. The summed E-state index contributed by atoms with van der Waals surface area (Å²) >= 11 is 0. The number of carbonyl (C=O) groups excluding carboxylic acids is 1. The Morgan fingerprint density at radius 3 is 2.71 bits per heavy atom. The zero-order valence-electron chi connectivity index (χ0n) is 12.4. The number of hydrogen-bond acceptors (Lipinski definition) is 3. The zero-order chi connectivity index (χ0) is 14.9. The van der Waals surface area contributed by atoms with Crippen molar-refractivity contribution in [1.29, 1.82) is 0 Å². The third-order valence-corrected chi connectivity index (χ3v) is 3.57. The Balaban J connectivity index is 1.75. The minimum absolute atomic E-state index is 0.0668. The van der Waals surface area contributed by atoms with Gasteiger partial charge in [0, 0.05) is 13.1 Å². The van der Waals surface area contributed by atoms with E-state index in [-0.39, 0.29) is 5.91 Å². The molecular formula is C17H24N2O2. The molecule has 0 radical (unpaired) electrons. The Kier molecular flexibility index (Phi) is 6.28. The van der Waals surface area contributed by atoms with Crippen LogP contribution in [-0.4, -0.2) is 25.6 Å². The largest absolute Gasteiger partial charge is 0.492 e. The van der Waals surface area contributed by atoms with Crippen molar-refractivity contribution in [2.45, 2.75) is 32.1 Å². The molecule has 4 nitrogen and oxygen atoms in total. The van der Waals surface area contributed by atoms with E-state index in [4.69, 9.17) is 10.5 Å². The van der Waals surface area contributed by atoms with Crippen LogP contribution in [0.3, 0.4) is 0 Å². The number of allylic oxidation sites excluding steroid dienone is 1. The average Bonchev–Trinajstić information content (AvgIpc) is 2.53. The van der Waals surface area contributed by atoms with Gasteiger partial charge in [-0.25, -0.2) is 0 Å². The molecular weight excluding hydrogens is 264 g/mol. The Morgan fingerprint density at radius 1 is 1.24 bits per heavy atom. The van der Waals surface area contributed by atoms with Crippen molar-refractivity contribution in [2.24, 2.45) is 5.73 Å². The van der Waals surface area contributed by atoms with Crippen LogP contribution in [0.4, 0.5) is 0 Å². The Hall–Kier alpha value is -1.81. The van der Waals surface area contributed by atoms with Gasteiger partial charge in [0.05, 0.1) is 6.42 Å². The number of hydrogen-bond donors (Lipinski definition) is 2. The molecule has 0 atom stereocenters. The van der Waals surface area contributed by atoms with E-state index in [2.05, 4.69) is 11.4 Å². The number of nitrogens with two attached hydrogens (primary N) is 1. The summed E-state index contributed by atoms with van der Waals surface area (Å²) in [5, 5.41) is 2.99. The fourth-order valence-corrected chi connectivity index (χ4v) is 2.41. The quantitative estimate of drug-likeness (QED) is 0.756. The first-order valence-corrected chi connectivity index (χ1v) is 7.64. The van der Waals surface area contributed by atoms with Gasteiger partial charge < -0.3 is 15.8 Å². The van der Waals surface area contributed by atoms with E-state index < -0.39 is 0 Å². The number of amides is 1. The summed E-state index contributed by atoms with van der Waals surface area (Å²) in [6, 6.07) is 7.60. The van der Waals surface area contributed by atoms with Crippen LogP contribution in [0.2, 0.25) is 0 Å². The van der Waals surface area contributed by atoms with Crippen molar-refractivity contribution in [2.75, 3.05) is 19.7 Å². The Bertz CT molecular complexity index is 480. The monoisotopic (exact) mass is 288 g/mol. The highest BCUT2D eigenvalue weighted by atomic mass is 16.5. The third kappa shape index (κ3) is 5.60. The minimum Gasteiger partial charge on any atom is -0.492 e. The second kappa shape index (κ2) is 8.47. The lowest BCUT2D eigenvalue weighted by Crippen LogP contribution is -2.27. The molecule has 0 fully saturated rings. The van der Waals surface area contributed by atoms with Crippen molar-refractivity contribution in [1.82, 2.24) is 5.32 Å². The summed E-state index contributed by atoms with van der Waals surface area (Å²) in [4.78, 5) is 11.9. The molecule has 0 saturated carbocycles. The summed E-state index contributed by atoms with van der Waals surface area (Å²) in [6.07, 6.45) is 7.45. The summed E-state index contributed by atoms with van der Waals surface area (Å²) in [5.41, 5.74) is 7.74. The molecule has 0 aliphatic heterocycles. The third-order valence-electron chi connectivity index (χ3n) is 3.57. The molecule has 0 heterocycles. The van der Waals surface area contributed by atoms with E-state index >= 15 is 0 Å². The fraction of sp³-hybridized carbons (Fsp3) is 0.471. The van der Waals surface area contributed by atoms with E-state index in [0.717, 1.165) is 24.2 Å². The van der Waals surface area contributed by atoms with Crippen LogP contribution in [0.15, 0.2) is 35.9 Å². The summed E-state index contributed by atoms with van der Waals surface area (Å²) in [5.74, 6) is 0.856. The molecule has 21 heavy (non-hydrogen) atoms. The van der Waals surface area contributed by atoms with Crippen LogP contribution in [0.1, 0.15) is 31.2 Å². The predicted octanol–water partition coefficient (Wildman–Crippen LogP) is 2.18. The number of rotatable bonds is 7. The molecule has 2 rings (SSSR count). The standard InChI is InChI=1S/C17H24N2O2/c18-10-11-21-16-8-6-14(7-9-16)12-17(20)19-13-15-4-2-1-3-5-15/h4,6-9H,1-3,5,10-13,18H2,(H,19,20). The molecule has 1 aromatic carbocycles. The van der Waals surface area contributed by atoms with Crippen LogP contribution >= 0.6 is 0 Å². The molecule has 0 spiro atoms.